The summed E-state index contributed by atoms with van der Waals surface area (Å²) in [6, 6.07) is 9.57. The maximum Gasteiger partial charge on any atom is 0.342 e. The minimum atomic E-state index is -0.405. The van der Waals surface area contributed by atoms with Gasteiger partial charge in [0.15, 0.2) is 0 Å². The molecule has 3 aromatic rings. The lowest BCUT2D eigenvalue weighted by atomic mass is 10.1. The van der Waals surface area contributed by atoms with E-state index in [-0.39, 0.29) is 6.61 Å². The van der Waals surface area contributed by atoms with Crippen LogP contribution < -0.4 is 0 Å². The molecule has 6 heteroatoms. The monoisotopic (exact) mass is 313 g/mol. The molecule has 0 unspecified atom stereocenters. The Morgan fingerprint density at radius 3 is 2.73 bits per heavy atom. The Morgan fingerprint density at radius 2 is 2.05 bits per heavy atom. The Hall–Kier alpha value is -2.47. The van der Waals surface area contributed by atoms with E-state index < -0.39 is 5.97 Å². The van der Waals surface area contributed by atoms with Gasteiger partial charge in [-0.25, -0.2) is 9.78 Å². The number of thiazole rings is 1. The number of ether oxygens (including phenoxy) is 1. The second kappa shape index (κ2) is 6.11. The molecule has 0 spiro atoms. The van der Waals surface area contributed by atoms with Crippen molar-refractivity contribution in [2.24, 2.45) is 0 Å². The lowest BCUT2D eigenvalue weighted by Crippen LogP contribution is -2.05. The maximum absolute atomic E-state index is 12.3. The Kier molecular flexibility index (Phi) is 4.02. The molecule has 0 aliphatic heterocycles. The first-order valence-corrected chi connectivity index (χ1v) is 7.65. The van der Waals surface area contributed by atoms with Crippen molar-refractivity contribution in [3.63, 3.8) is 0 Å². The quantitative estimate of drug-likeness (QED) is 0.748. The first kappa shape index (κ1) is 14.5. The topological polar surface area (TPSA) is 67.9 Å². The van der Waals surface area contributed by atoms with E-state index in [1.807, 2.05) is 44.2 Å². The van der Waals surface area contributed by atoms with Crippen LogP contribution in [-0.4, -0.2) is 21.2 Å². The van der Waals surface area contributed by atoms with Crippen molar-refractivity contribution < 1.29 is 9.53 Å². The van der Waals surface area contributed by atoms with Crippen LogP contribution in [0.4, 0.5) is 0 Å². The molecule has 1 N–H and O–H groups in total. The molecule has 5 nitrogen and oxygen atoms in total. The van der Waals surface area contributed by atoms with Gasteiger partial charge in [-0.2, -0.15) is 5.10 Å². The van der Waals surface area contributed by atoms with E-state index in [0.717, 1.165) is 21.1 Å². The number of carbonyl (C=O) groups excluding carboxylic acids is 1. The van der Waals surface area contributed by atoms with Gasteiger partial charge in [-0.3, -0.25) is 5.10 Å². The second-order valence-electron chi connectivity index (χ2n) is 4.85. The number of aryl methyl sites for hydroxylation is 2. The number of hydrogen-bond acceptors (Lipinski definition) is 5. The van der Waals surface area contributed by atoms with Gasteiger partial charge in [0.25, 0.3) is 0 Å². The van der Waals surface area contributed by atoms with Gasteiger partial charge in [0.1, 0.15) is 17.2 Å². The summed E-state index contributed by atoms with van der Waals surface area (Å²) in [5.41, 5.74) is 2.96. The van der Waals surface area contributed by atoms with Crippen LogP contribution in [0.25, 0.3) is 11.3 Å². The molecule has 2 heterocycles. The molecule has 0 fully saturated rings. The zero-order valence-electron chi connectivity index (χ0n) is 12.3. The van der Waals surface area contributed by atoms with Crippen LogP contribution in [0, 0.1) is 13.8 Å². The molecule has 0 bridgehead atoms. The van der Waals surface area contributed by atoms with E-state index in [9.17, 15) is 4.79 Å². The van der Waals surface area contributed by atoms with E-state index in [2.05, 4.69) is 15.2 Å². The van der Waals surface area contributed by atoms with Crippen LogP contribution in [0.15, 0.2) is 36.5 Å². The molecule has 3 rings (SSSR count). The van der Waals surface area contributed by atoms with Crippen LogP contribution in [-0.2, 0) is 11.3 Å². The zero-order chi connectivity index (χ0) is 15.5. The number of esters is 1. The first-order chi connectivity index (χ1) is 10.6. The van der Waals surface area contributed by atoms with Crippen molar-refractivity contribution in [2.45, 2.75) is 20.5 Å². The summed E-state index contributed by atoms with van der Waals surface area (Å²) in [6.45, 7) is 4.13. The smallest absolute Gasteiger partial charge is 0.342 e. The Labute approximate surface area is 132 Å². The van der Waals surface area contributed by atoms with Gasteiger partial charge in [-0.05, 0) is 13.8 Å². The van der Waals surface area contributed by atoms with E-state index in [0.29, 0.717) is 11.3 Å². The summed E-state index contributed by atoms with van der Waals surface area (Å²) in [5.74, 6) is -0.405. The van der Waals surface area contributed by atoms with Crippen LogP contribution in [0.1, 0.15) is 25.9 Å². The molecule has 0 saturated carbocycles. The van der Waals surface area contributed by atoms with Crippen molar-refractivity contribution in [3.05, 3.63) is 57.7 Å². The Balaban J connectivity index is 1.75. The van der Waals surface area contributed by atoms with Crippen LogP contribution in [0.3, 0.4) is 0 Å². The summed E-state index contributed by atoms with van der Waals surface area (Å²) >= 11 is 1.54. The molecular formula is C16H15N3O2S. The summed E-state index contributed by atoms with van der Waals surface area (Å²) in [7, 11) is 0. The lowest BCUT2D eigenvalue weighted by molar-refractivity contribution is 0.0473. The van der Waals surface area contributed by atoms with Crippen molar-refractivity contribution in [2.75, 3.05) is 0 Å². The van der Waals surface area contributed by atoms with Gasteiger partial charge in [-0.1, -0.05) is 30.3 Å². The standard InChI is InChI=1S/C16H15N3O2S/c1-10-11(2)22-14(18-10)9-21-16(20)13-8-17-19-15(13)12-6-4-3-5-7-12/h3-8H,9H2,1-2H3,(H,17,19). The van der Waals surface area contributed by atoms with Crippen LogP contribution in [0.2, 0.25) is 0 Å². The molecule has 112 valence electrons. The predicted octanol–water partition coefficient (Wildman–Crippen LogP) is 3.51. The number of nitrogens with zero attached hydrogens (tertiary/aromatic N) is 2. The normalized spacial score (nSPS) is 10.6. The molecule has 22 heavy (non-hydrogen) atoms. The third-order valence-electron chi connectivity index (χ3n) is 3.32. The van der Waals surface area contributed by atoms with E-state index >= 15 is 0 Å². The first-order valence-electron chi connectivity index (χ1n) is 6.84. The molecule has 0 aliphatic rings. The van der Waals surface area contributed by atoms with Gasteiger partial charge < -0.3 is 4.74 Å². The fourth-order valence-corrected chi connectivity index (χ4v) is 2.92. The average Bonchev–Trinajstić information content (AvgIpc) is 3.13. The Bertz CT molecular complexity index is 773. The highest BCUT2D eigenvalue weighted by Gasteiger charge is 2.17. The highest BCUT2D eigenvalue weighted by molar-refractivity contribution is 7.11. The number of nitrogens with one attached hydrogen (secondary N) is 1. The van der Waals surface area contributed by atoms with Crippen LogP contribution >= 0.6 is 11.3 Å². The molecule has 0 radical (unpaired) electrons. The minimum absolute atomic E-state index is 0.178. The number of carbonyl (C=O) groups is 1. The second-order valence-corrected chi connectivity index (χ2v) is 6.14. The number of aromatic nitrogens is 3. The zero-order valence-corrected chi connectivity index (χ0v) is 13.1. The van der Waals surface area contributed by atoms with Gasteiger partial charge >= 0.3 is 5.97 Å². The van der Waals surface area contributed by atoms with Crippen molar-refractivity contribution >= 4 is 17.3 Å². The summed E-state index contributed by atoms with van der Waals surface area (Å²) in [6.07, 6.45) is 1.49. The lowest BCUT2D eigenvalue weighted by Gasteiger charge is -2.04. The van der Waals surface area contributed by atoms with Gasteiger partial charge in [-0.15, -0.1) is 11.3 Å². The third-order valence-corrected chi connectivity index (χ3v) is 4.37. The number of benzene rings is 1. The van der Waals surface area contributed by atoms with Crippen molar-refractivity contribution in [1.82, 2.24) is 15.2 Å². The molecule has 0 aliphatic carbocycles. The predicted molar refractivity (Wildman–Crippen MR) is 84.7 cm³/mol. The van der Waals surface area contributed by atoms with E-state index in [4.69, 9.17) is 4.74 Å². The van der Waals surface area contributed by atoms with Gasteiger partial charge in [0.2, 0.25) is 0 Å². The van der Waals surface area contributed by atoms with Gasteiger partial charge in [0.05, 0.1) is 17.6 Å². The van der Waals surface area contributed by atoms with Crippen molar-refractivity contribution in [1.29, 1.82) is 0 Å². The van der Waals surface area contributed by atoms with Gasteiger partial charge in [0, 0.05) is 10.4 Å². The van der Waals surface area contributed by atoms with Crippen LogP contribution in [0.5, 0.6) is 0 Å². The fourth-order valence-electron chi connectivity index (χ4n) is 2.07. The third kappa shape index (κ3) is 2.92. The van der Waals surface area contributed by atoms with Crippen molar-refractivity contribution in [3.8, 4) is 11.3 Å². The fraction of sp³-hybridized carbons (Fsp3) is 0.188. The number of aromatic amines is 1. The summed E-state index contributed by atoms with van der Waals surface area (Å²) in [4.78, 5) is 17.8. The summed E-state index contributed by atoms with van der Waals surface area (Å²) < 4.78 is 5.35. The molecular weight excluding hydrogens is 298 g/mol. The largest absolute Gasteiger partial charge is 0.455 e. The molecule has 1 aromatic carbocycles. The maximum atomic E-state index is 12.3. The highest BCUT2D eigenvalue weighted by Crippen LogP contribution is 2.22. The number of H-pyrrole nitrogens is 1. The van der Waals surface area contributed by atoms with E-state index in [1.54, 1.807) is 11.3 Å². The minimum Gasteiger partial charge on any atom is -0.455 e. The average molecular weight is 313 g/mol. The Morgan fingerprint density at radius 1 is 1.27 bits per heavy atom. The highest BCUT2D eigenvalue weighted by atomic mass is 32.1. The van der Waals surface area contributed by atoms with E-state index in [1.165, 1.54) is 6.20 Å². The number of rotatable bonds is 4. The SMILES string of the molecule is Cc1nc(COC(=O)c2cn[nH]c2-c2ccccc2)sc1C. The molecule has 2 aromatic heterocycles. The number of hydrogen-bond donors (Lipinski definition) is 1. The molecule has 0 saturated heterocycles. The molecule has 0 amide bonds. The molecule has 0 atom stereocenters. The summed E-state index contributed by atoms with van der Waals surface area (Å²) in [5, 5.41) is 7.60.